The Hall–Kier alpha value is -1.24. The summed E-state index contributed by atoms with van der Waals surface area (Å²) in [5, 5.41) is 0. The Morgan fingerprint density at radius 3 is 3.08 bits per heavy atom. The van der Waals surface area contributed by atoms with Gasteiger partial charge in [0.1, 0.15) is 0 Å². The minimum absolute atomic E-state index is 0.704. The summed E-state index contributed by atoms with van der Waals surface area (Å²) in [5.74, 6) is 0.704. The largest absolute Gasteiger partial charge is 0.357 e. The van der Waals surface area contributed by atoms with Gasteiger partial charge in [-0.3, -0.25) is 0 Å². The molecule has 0 saturated heterocycles. The molecule has 1 heterocycles. The summed E-state index contributed by atoms with van der Waals surface area (Å²) in [6, 6.07) is 0. The van der Waals surface area contributed by atoms with Crippen LogP contribution in [-0.4, -0.2) is 4.57 Å². The number of hydrogen-bond donors (Lipinski definition) is 0. The summed E-state index contributed by atoms with van der Waals surface area (Å²) in [4.78, 5) is 0. The van der Waals surface area contributed by atoms with E-state index in [1.807, 2.05) is 0 Å². The maximum atomic E-state index is 2.32. The molecule has 0 aliphatic heterocycles. The zero-order valence-corrected chi connectivity index (χ0v) is 7.83. The van der Waals surface area contributed by atoms with Crippen molar-refractivity contribution in [3.05, 3.63) is 47.3 Å². The highest BCUT2D eigenvalue weighted by molar-refractivity contribution is 5.41. The number of allylic oxidation sites excluding steroid dienone is 4. The van der Waals surface area contributed by atoms with E-state index in [0.29, 0.717) is 5.92 Å². The van der Waals surface area contributed by atoms with E-state index in [0.717, 1.165) is 6.42 Å². The number of nitrogens with zero attached hydrogens (tertiary/aromatic N) is 1. The first-order chi connectivity index (χ1) is 6.33. The van der Waals surface area contributed by atoms with Crippen LogP contribution in [0, 0.1) is 5.92 Å². The fraction of sp³-hybridized carbons (Fsp3) is 0.333. The standard InChI is InChI=1S/C12H13N/c1-13-7-11-5-9-3-2-4-10(9)6-12(11)8-13/h2-4,7-9H,5-6H2,1H3. The predicted octanol–water partition coefficient (Wildman–Crippen LogP) is 2.24. The summed E-state index contributed by atoms with van der Waals surface area (Å²) in [5.41, 5.74) is 4.66. The second-order valence-electron chi connectivity index (χ2n) is 4.09. The molecule has 1 unspecified atom stereocenters. The van der Waals surface area contributed by atoms with E-state index in [9.17, 15) is 0 Å². The summed E-state index contributed by atoms with van der Waals surface area (Å²) in [6.45, 7) is 0. The van der Waals surface area contributed by atoms with Crippen LogP contribution >= 0.6 is 0 Å². The van der Waals surface area contributed by atoms with E-state index < -0.39 is 0 Å². The Morgan fingerprint density at radius 2 is 2.15 bits per heavy atom. The summed E-state index contributed by atoms with van der Waals surface area (Å²) in [6.07, 6.45) is 13.7. The smallest absolute Gasteiger partial charge is 0.0106 e. The van der Waals surface area contributed by atoms with Gasteiger partial charge in [-0.1, -0.05) is 23.8 Å². The Bertz CT molecular complexity index is 407. The Kier molecular flexibility index (Phi) is 1.32. The Morgan fingerprint density at radius 1 is 1.31 bits per heavy atom. The molecule has 0 amide bonds. The molecule has 1 aromatic rings. The van der Waals surface area contributed by atoms with E-state index in [1.165, 1.54) is 17.5 Å². The summed E-state index contributed by atoms with van der Waals surface area (Å²) >= 11 is 0. The zero-order chi connectivity index (χ0) is 8.84. The van der Waals surface area contributed by atoms with Crippen molar-refractivity contribution in [1.29, 1.82) is 0 Å². The number of aryl methyl sites for hydroxylation is 1. The lowest BCUT2D eigenvalue weighted by Crippen LogP contribution is -2.11. The zero-order valence-electron chi connectivity index (χ0n) is 7.83. The lowest BCUT2D eigenvalue weighted by Gasteiger charge is -2.19. The molecule has 0 bridgehead atoms. The third-order valence-corrected chi connectivity index (χ3v) is 3.10. The first-order valence-electron chi connectivity index (χ1n) is 4.84. The van der Waals surface area contributed by atoms with Gasteiger partial charge >= 0.3 is 0 Å². The van der Waals surface area contributed by atoms with E-state index in [1.54, 1.807) is 5.57 Å². The topological polar surface area (TPSA) is 4.93 Å². The van der Waals surface area contributed by atoms with E-state index >= 15 is 0 Å². The van der Waals surface area contributed by atoms with Gasteiger partial charge in [0.2, 0.25) is 0 Å². The number of hydrogen-bond acceptors (Lipinski definition) is 0. The molecule has 13 heavy (non-hydrogen) atoms. The lowest BCUT2D eigenvalue weighted by molar-refractivity contribution is 0.705. The normalized spacial score (nSPS) is 24.1. The third-order valence-electron chi connectivity index (χ3n) is 3.10. The van der Waals surface area contributed by atoms with Crippen LogP contribution in [0.1, 0.15) is 11.1 Å². The van der Waals surface area contributed by atoms with E-state index in [4.69, 9.17) is 0 Å². The monoisotopic (exact) mass is 171 g/mol. The SMILES string of the molecule is Cn1cc2c(c1)CC1C=CC=C1C2. The molecule has 66 valence electrons. The Balaban J connectivity index is 2.06. The average molecular weight is 171 g/mol. The highest BCUT2D eigenvalue weighted by Gasteiger charge is 2.23. The third kappa shape index (κ3) is 0.998. The molecule has 0 saturated carbocycles. The Labute approximate surface area is 78.4 Å². The second kappa shape index (κ2) is 2.38. The fourth-order valence-electron chi connectivity index (χ4n) is 2.44. The van der Waals surface area contributed by atoms with Gasteiger partial charge in [-0.2, -0.15) is 0 Å². The second-order valence-corrected chi connectivity index (χ2v) is 4.09. The van der Waals surface area contributed by atoms with Crippen molar-refractivity contribution >= 4 is 0 Å². The van der Waals surface area contributed by atoms with Gasteiger partial charge in [0.15, 0.2) is 0 Å². The molecule has 0 fully saturated rings. The highest BCUT2D eigenvalue weighted by atomic mass is 14.9. The first kappa shape index (κ1) is 7.19. The first-order valence-corrected chi connectivity index (χ1v) is 4.84. The van der Waals surface area contributed by atoms with Crippen LogP contribution in [0.2, 0.25) is 0 Å². The van der Waals surface area contributed by atoms with Crippen molar-refractivity contribution in [3.63, 3.8) is 0 Å². The molecule has 0 N–H and O–H groups in total. The van der Waals surface area contributed by atoms with Crippen LogP contribution in [0.4, 0.5) is 0 Å². The van der Waals surface area contributed by atoms with Gasteiger partial charge in [-0.25, -0.2) is 0 Å². The molecule has 0 spiro atoms. The summed E-state index contributed by atoms with van der Waals surface area (Å²) < 4.78 is 2.18. The van der Waals surface area contributed by atoms with Crippen molar-refractivity contribution in [2.24, 2.45) is 13.0 Å². The van der Waals surface area contributed by atoms with Crippen molar-refractivity contribution in [2.45, 2.75) is 12.8 Å². The average Bonchev–Trinajstić information content (AvgIpc) is 2.63. The van der Waals surface area contributed by atoms with Crippen LogP contribution in [0.3, 0.4) is 0 Å². The molecule has 0 aromatic carbocycles. The number of aromatic nitrogens is 1. The van der Waals surface area contributed by atoms with Crippen LogP contribution in [0.5, 0.6) is 0 Å². The number of rotatable bonds is 0. The van der Waals surface area contributed by atoms with Crippen LogP contribution in [-0.2, 0) is 19.9 Å². The molecule has 1 heteroatoms. The van der Waals surface area contributed by atoms with Crippen LogP contribution in [0.15, 0.2) is 36.2 Å². The molecule has 3 rings (SSSR count). The quantitative estimate of drug-likeness (QED) is 0.564. The van der Waals surface area contributed by atoms with Gasteiger partial charge in [0.05, 0.1) is 0 Å². The van der Waals surface area contributed by atoms with Gasteiger partial charge in [-0.05, 0) is 24.0 Å². The van der Waals surface area contributed by atoms with Gasteiger partial charge in [0, 0.05) is 25.4 Å². The lowest BCUT2D eigenvalue weighted by atomic mass is 9.84. The van der Waals surface area contributed by atoms with Crippen molar-refractivity contribution in [3.8, 4) is 0 Å². The van der Waals surface area contributed by atoms with Crippen molar-refractivity contribution in [2.75, 3.05) is 0 Å². The molecule has 2 aliphatic rings. The molecule has 2 aliphatic carbocycles. The molecular weight excluding hydrogens is 158 g/mol. The van der Waals surface area contributed by atoms with E-state index in [2.05, 4.69) is 42.2 Å². The van der Waals surface area contributed by atoms with Crippen LogP contribution < -0.4 is 0 Å². The van der Waals surface area contributed by atoms with Gasteiger partial charge < -0.3 is 4.57 Å². The van der Waals surface area contributed by atoms with E-state index in [-0.39, 0.29) is 0 Å². The van der Waals surface area contributed by atoms with Crippen molar-refractivity contribution < 1.29 is 0 Å². The van der Waals surface area contributed by atoms with Crippen LogP contribution in [0.25, 0.3) is 0 Å². The molecular formula is C12H13N. The minimum Gasteiger partial charge on any atom is -0.357 e. The minimum atomic E-state index is 0.704. The highest BCUT2D eigenvalue weighted by Crippen LogP contribution is 2.33. The van der Waals surface area contributed by atoms with Gasteiger partial charge in [-0.15, -0.1) is 0 Å². The maximum Gasteiger partial charge on any atom is 0.0106 e. The number of fused-ring (bicyclic) bond motifs is 2. The molecule has 0 radical (unpaired) electrons. The molecule has 1 aromatic heterocycles. The molecule has 1 atom stereocenters. The van der Waals surface area contributed by atoms with Gasteiger partial charge in [0.25, 0.3) is 0 Å². The fourth-order valence-corrected chi connectivity index (χ4v) is 2.44. The summed E-state index contributed by atoms with van der Waals surface area (Å²) in [7, 11) is 2.11. The molecule has 1 nitrogen and oxygen atoms in total. The predicted molar refractivity (Wildman–Crippen MR) is 53.5 cm³/mol. The van der Waals surface area contributed by atoms with Crippen molar-refractivity contribution in [1.82, 2.24) is 4.57 Å². The maximum absolute atomic E-state index is 2.32.